The first-order chi connectivity index (χ1) is 29.6. The molecule has 1 aliphatic carbocycles. The largest absolute Gasteiger partial charge is 0.249 e. The number of rotatable bonds is 7. The fourth-order valence-corrected chi connectivity index (χ4v) is 7.65. The molecular formula is C40H19BF20N2. The van der Waals surface area contributed by atoms with E-state index in [0.29, 0.717) is 5.92 Å². The fourth-order valence-electron chi connectivity index (χ4n) is 7.65. The Labute approximate surface area is 340 Å². The molecule has 2 nitrogen and oxygen atoms in total. The molecule has 0 saturated heterocycles. The predicted molar refractivity (Wildman–Crippen MR) is 180 cm³/mol. The number of hydrogen-bond donors (Lipinski definition) is 0. The molecule has 0 unspecified atom stereocenters. The number of benzene rings is 5. The first kappa shape index (κ1) is 46.4. The number of hydrogen-bond acceptors (Lipinski definition) is 1. The van der Waals surface area contributed by atoms with Crippen molar-refractivity contribution in [2.45, 2.75) is 38.1 Å². The van der Waals surface area contributed by atoms with Gasteiger partial charge in [-0.25, -0.2) is 92.8 Å². The molecule has 63 heavy (non-hydrogen) atoms. The van der Waals surface area contributed by atoms with Crippen molar-refractivity contribution >= 4 is 28.0 Å². The number of aromatic nitrogens is 2. The minimum absolute atomic E-state index is 0.688. The molecule has 1 fully saturated rings. The van der Waals surface area contributed by atoms with E-state index in [2.05, 4.69) is 52.3 Å². The Morgan fingerprint density at radius 3 is 1.00 bits per heavy atom. The van der Waals surface area contributed by atoms with Gasteiger partial charge in [0.1, 0.15) is 58.4 Å². The highest BCUT2D eigenvalue weighted by Gasteiger charge is 2.52. The SMILES string of the molecule is Fc1c(F)c(F)c([B-](c2c(F)c(F)c(F)c(F)c2F)(c2c(F)c(F)c(F)c(F)c2F)c2c(F)c(F)c(F)c(F)c2F)c(F)c1F.c1ccc(C[n+]2ccnc(C3CCCC3)c2)cc1. The maximum atomic E-state index is 15.4. The lowest BCUT2D eigenvalue weighted by molar-refractivity contribution is -0.689. The Balaban J connectivity index is 0.000000302. The third-order valence-corrected chi connectivity index (χ3v) is 10.5. The molecule has 332 valence electrons. The lowest BCUT2D eigenvalue weighted by atomic mass is 9.12. The zero-order valence-electron chi connectivity index (χ0n) is 30.8. The van der Waals surface area contributed by atoms with E-state index in [1.165, 1.54) is 36.9 Å². The van der Waals surface area contributed by atoms with Crippen LogP contribution in [0.15, 0.2) is 48.9 Å². The van der Waals surface area contributed by atoms with Crippen LogP contribution in [0, 0.1) is 116 Å². The average molecular weight is 918 g/mol. The van der Waals surface area contributed by atoms with Gasteiger partial charge >= 0.3 is 0 Å². The standard InChI is InChI=1S/C24BF20.C16H19N2/c26-5-1(6(27)14(35)21(42)13(5)34)25(2-7(28)15(36)22(43)16(37)8(2)29,3-9(30)17(38)23(44)18(39)10(3)31)4-11(32)19(40)24(45)20(41)12(4)33;1-2-6-14(7-3-1)12-18-11-10-17-16(13-18)15-8-4-5-9-15/h;1-3,6-7,10-11,13,15H,4-5,8-9,12H2/q-1;+1. The zero-order valence-corrected chi connectivity index (χ0v) is 30.8. The highest BCUT2D eigenvalue weighted by molar-refractivity contribution is 7.20. The van der Waals surface area contributed by atoms with E-state index in [1.54, 1.807) is 0 Å². The second-order valence-electron chi connectivity index (χ2n) is 13.9. The third kappa shape index (κ3) is 7.51. The quantitative estimate of drug-likeness (QED) is 0.0515. The van der Waals surface area contributed by atoms with Crippen molar-refractivity contribution in [3.63, 3.8) is 0 Å². The van der Waals surface area contributed by atoms with Crippen LogP contribution in [-0.4, -0.2) is 11.1 Å². The van der Waals surface area contributed by atoms with Gasteiger partial charge in [-0.1, -0.05) is 43.2 Å². The van der Waals surface area contributed by atoms with E-state index in [1.807, 2.05) is 6.20 Å². The van der Waals surface area contributed by atoms with Crippen molar-refractivity contribution in [3.8, 4) is 0 Å². The lowest BCUT2D eigenvalue weighted by Crippen LogP contribution is -2.81. The summed E-state index contributed by atoms with van der Waals surface area (Å²) in [5, 5.41) is 0. The molecule has 23 heteroatoms. The van der Waals surface area contributed by atoms with Crippen molar-refractivity contribution in [1.82, 2.24) is 4.98 Å². The fraction of sp³-hybridized carbons (Fsp3) is 0.150. The van der Waals surface area contributed by atoms with Crippen molar-refractivity contribution in [3.05, 3.63) is 177 Å². The van der Waals surface area contributed by atoms with Crippen LogP contribution in [-0.2, 0) is 6.54 Å². The van der Waals surface area contributed by atoms with Gasteiger partial charge in [0.05, 0.1) is 6.20 Å². The molecule has 0 radical (unpaired) electrons. The third-order valence-electron chi connectivity index (χ3n) is 10.5. The van der Waals surface area contributed by atoms with Gasteiger partial charge in [0.25, 0.3) is 0 Å². The van der Waals surface area contributed by atoms with Crippen molar-refractivity contribution < 1.29 is 92.4 Å². The van der Waals surface area contributed by atoms with Crippen molar-refractivity contribution in [1.29, 1.82) is 0 Å². The van der Waals surface area contributed by atoms with E-state index in [0.717, 1.165) is 6.54 Å². The number of nitrogens with zero attached hydrogens (tertiary/aromatic N) is 2. The van der Waals surface area contributed by atoms with E-state index in [-0.39, 0.29) is 0 Å². The molecule has 0 bridgehead atoms. The molecule has 1 heterocycles. The van der Waals surface area contributed by atoms with Gasteiger partial charge in [0.15, 0.2) is 88.7 Å². The molecule has 0 aliphatic heterocycles. The first-order valence-electron chi connectivity index (χ1n) is 17.7. The Bertz CT molecular complexity index is 2400. The normalized spacial score (nSPS) is 13.1. The first-order valence-corrected chi connectivity index (χ1v) is 17.7. The molecule has 5 aromatic carbocycles. The zero-order chi connectivity index (χ0) is 46.6. The van der Waals surface area contributed by atoms with Crippen LogP contribution in [0.2, 0.25) is 0 Å². The van der Waals surface area contributed by atoms with Gasteiger partial charge in [-0.15, -0.1) is 21.9 Å². The van der Waals surface area contributed by atoms with Crippen LogP contribution in [0.25, 0.3) is 0 Å². The molecule has 0 atom stereocenters. The molecule has 0 amide bonds. The highest BCUT2D eigenvalue weighted by Crippen LogP contribution is 2.33. The van der Waals surface area contributed by atoms with Gasteiger partial charge in [0, 0.05) is 11.5 Å². The summed E-state index contributed by atoms with van der Waals surface area (Å²) in [6.45, 7) is 0.934. The van der Waals surface area contributed by atoms with Gasteiger partial charge in [-0.05, 0) is 12.8 Å². The molecule has 7 rings (SSSR count). The van der Waals surface area contributed by atoms with Gasteiger partial charge in [-0.3, -0.25) is 0 Å². The van der Waals surface area contributed by atoms with Crippen LogP contribution < -0.4 is 26.4 Å². The molecule has 0 N–H and O–H groups in total. The Hall–Kier alpha value is -6.16. The summed E-state index contributed by atoms with van der Waals surface area (Å²) in [6.07, 6.45) is 4.35. The highest BCUT2D eigenvalue weighted by atomic mass is 19.2. The molecule has 0 spiro atoms. The molecular weight excluding hydrogens is 899 g/mol. The summed E-state index contributed by atoms with van der Waals surface area (Å²) in [4.78, 5) is 4.54. The predicted octanol–water partition coefficient (Wildman–Crippen LogP) is 8.92. The van der Waals surface area contributed by atoms with E-state index in [9.17, 15) is 52.7 Å². The van der Waals surface area contributed by atoms with Gasteiger partial charge in [-0.2, -0.15) is 4.57 Å². The Morgan fingerprint density at radius 1 is 0.413 bits per heavy atom. The summed E-state index contributed by atoms with van der Waals surface area (Å²) in [7, 11) is 0. The van der Waals surface area contributed by atoms with E-state index in [4.69, 9.17) is 0 Å². The monoisotopic (exact) mass is 918 g/mol. The van der Waals surface area contributed by atoms with Gasteiger partial charge < -0.3 is 0 Å². The van der Waals surface area contributed by atoms with Crippen LogP contribution in [0.4, 0.5) is 87.8 Å². The maximum absolute atomic E-state index is 15.4. The number of halogens is 20. The van der Waals surface area contributed by atoms with Crippen LogP contribution in [0.3, 0.4) is 0 Å². The minimum atomic E-state index is -7.22. The topological polar surface area (TPSA) is 16.8 Å². The average Bonchev–Trinajstić information content (AvgIpc) is 3.83. The second-order valence-corrected chi connectivity index (χ2v) is 13.9. The van der Waals surface area contributed by atoms with Crippen molar-refractivity contribution in [2.24, 2.45) is 0 Å². The summed E-state index contributed by atoms with van der Waals surface area (Å²) in [6, 6.07) is 10.6. The van der Waals surface area contributed by atoms with Crippen LogP contribution in [0.1, 0.15) is 42.9 Å². The molecule has 1 aromatic heterocycles. The summed E-state index contributed by atoms with van der Waals surface area (Å²) < 4.78 is 296. The smallest absolute Gasteiger partial charge is 0.200 e. The lowest BCUT2D eigenvalue weighted by Gasteiger charge is -2.44. The molecule has 6 aromatic rings. The molecule has 1 aliphatic rings. The Morgan fingerprint density at radius 2 is 0.698 bits per heavy atom. The summed E-state index contributed by atoms with van der Waals surface area (Å²) >= 11 is 0. The molecule has 1 saturated carbocycles. The second kappa shape index (κ2) is 17.5. The van der Waals surface area contributed by atoms with E-state index < -0.39 is 144 Å². The summed E-state index contributed by atoms with van der Waals surface area (Å²) in [5.41, 5.74) is -11.7. The minimum Gasteiger partial charge on any atom is -0.249 e. The Kier molecular flexibility index (Phi) is 12.9. The van der Waals surface area contributed by atoms with Crippen molar-refractivity contribution in [2.75, 3.05) is 0 Å². The van der Waals surface area contributed by atoms with Gasteiger partial charge in [0.2, 0.25) is 0 Å². The van der Waals surface area contributed by atoms with Crippen LogP contribution in [0.5, 0.6) is 0 Å². The van der Waals surface area contributed by atoms with E-state index >= 15 is 35.1 Å². The van der Waals surface area contributed by atoms with Crippen LogP contribution >= 0.6 is 0 Å². The summed E-state index contributed by atoms with van der Waals surface area (Å²) in [5.74, 6) is -70.7. The maximum Gasteiger partial charge on any atom is 0.200 e.